The maximum Gasteiger partial charge on any atom is 0.356 e. The summed E-state index contributed by atoms with van der Waals surface area (Å²) in [6.45, 7) is 2.08. The quantitative estimate of drug-likeness (QED) is 0.697. The molecule has 1 heterocycles. The van der Waals surface area contributed by atoms with Gasteiger partial charge in [-0.3, -0.25) is 9.89 Å². The van der Waals surface area contributed by atoms with E-state index in [0.717, 1.165) is 0 Å². The molecule has 1 aromatic rings. The summed E-state index contributed by atoms with van der Waals surface area (Å²) in [6.07, 6.45) is 0.619. The van der Waals surface area contributed by atoms with Crippen molar-refractivity contribution >= 4 is 11.9 Å². The van der Waals surface area contributed by atoms with E-state index in [1.165, 1.54) is 6.07 Å². The molecule has 0 aliphatic rings. The van der Waals surface area contributed by atoms with Crippen LogP contribution in [0, 0.1) is 0 Å². The number of rotatable bonds is 5. The van der Waals surface area contributed by atoms with E-state index in [2.05, 4.69) is 10.2 Å². The van der Waals surface area contributed by atoms with Crippen LogP contribution in [0.1, 0.15) is 29.5 Å². The van der Waals surface area contributed by atoms with Crippen molar-refractivity contribution < 1.29 is 19.4 Å². The summed E-state index contributed by atoms with van der Waals surface area (Å²) in [5, 5.41) is 14.7. The lowest BCUT2D eigenvalue weighted by molar-refractivity contribution is -0.143. The monoisotopic (exact) mass is 212 g/mol. The summed E-state index contributed by atoms with van der Waals surface area (Å²) in [4.78, 5) is 21.5. The fraction of sp³-hybridized carbons (Fsp3) is 0.444. The molecule has 0 aromatic carbocycles. The van der Waals surface area contributed by atoms with Gasteiger partial charge in [-0.15, -0.1) is 0 Å². The maximum atomic E-state index is 11.0. The fourth-order valence-corrected chi connectivity index (χ4v) is 1.07. The van der Waals surface area contributed by atoms with E-state index in [0.29, 0.717) is 18.7 Å². The fourth-order valence-electron chi connectivity index (χ4n) is 1.07. The van der Waals surface area contributed by atoms with Crippen molar-refractivity contribution in [3.05, 3.63) is 17.5 Å². The van der Waals surface area contributed by atoms with E-state index in [9.17, 15) is 9.59 Å². The Morgan fingerprint density at radius 3 is 2.87 bits per heavy atom. The average Bonchev–Trinajstić information content (AvgIpc) is 2.63. The SMILES string of the molecule is CCOC(=O)CCc1cc(C(=O)O)n[nH]1. The highest BCUT2D eigenvalue weighted by atomic mass is 16.5. The predicted molar refractivity (Wildman–Crippen MR) is 50.5 cm³/mol. The van der Waals surface area contributed by atoms with Crippen LogP contribution < -0.4 is 0 Å². The molecule has 0 aliphatic carbocycles. The normalized spacial score (nSPS) is 9.93. The van der Waals surface area contributed by atoms with Crippen LogP contribution in [0.3, 0.4) is 0 Å². The molecule has 0 radical (unpaired) electrons. The molecular weight excluding hydrogens is 200 g/mol. The third-order valence-electron chi connectivity index (χ3n) is 1.75. The lowest BCUT2D eigenvalue weighted by Gasteiger charge is -1.99. The van der Waals surface area contributed by atoms with E-state index in [4.69, 9.17) is 9.84 Å². The Morgan fingerprint density at radius 2 is 2.33 bits per heavy atom. The van der Waals surface area contributed by atoms with Crippen LogP contribution in [-0.4, -0.2) is 33.8 Å². The topological polar surface area (TPSA) is 92.3 Å². The predicted octanol–water partition coefficient (Wildman–Crippen LogP) is 0.604. The highest BCUT2D eigenvalue weighted by Crippen LogP contribution is 2.03. The molecule has 15 heavy (non-hydrogen) atoms. The average molecular weight is 212 g/mol. The molecule has 0 unspecified atom stereocenters. The number of hydrogen-bond donors (Lipinski definition) is 2. The molecule has 1 rings (SSSR count). The van der Waals surface area contributed by atoms with Gasteiger partial charge in [0.2, 0.25) is 0 Å². The first kappa shape index (κ1) is 11.2. The third-order valence-corrected chi connectivity index (χ3v) is 1.75. The van der Waals surface area contributed by atoms with Gasteiger partial charge in [0.15, 0.2) is 5.69 Å². The molecule has 0 aliphatic heterocycles. The number of aryl methyl sites for hydroxylation is 1. The number of carbonyl (C=O) groups is 2. The van der Waals surface area contributed by atoms with Gasteiger partial charge >= 0.3 is 11.9 Å². The minimum absolute atomic E-state index is 0.0474. The van der Waals surface area contributed by atoms with Crippen LogP contribution in [0.25, 0.3) is 0 Å². The minimum Gasteiger partial charge on any atom is -0.476 e. The Labute approximate surface area is 86.2 Å². The number of aromatic amines is 1. The van der Waals surface area contributed by atoms with E-state index < -0.39 is 5.97 Å². The number of nitrogens with zero attached hydrogens (tertiary/aromatic N) is 1. The largest absolute Gasteiger partial charge is 0.476 e. The second-order valence-electron chi connectivity index (χ2n) is 2.89. The van der Waals surface area contributed by atoms with Gasteiger partial charge in [0.05, 0.1) is 13.0 Å². The van der Waals surface area contributed by atoms with Crippen LogP contribution in [0.2, 0.25) is 0 Å². The second-order valence-corrected chi connectivity index (χ2v) is 2.89. The van der Waals surface area contributed by atoms with Crippen molar-refractivity contribution in [2.45, 2.75) is 19.8 Å². The highest BCUT2D eigenvalue weighted by molar-refractivity contribution is 5.85. The summed E-state index contributed by atoms with van der Waals surface area (Å²) in [7, 11) is 0. The van der Waals surface area contributed by atoms with Gasteiger partial charge in [0.1, 0.15) is 0 Å². The Balaban J connectivity index is 2.44. The first-order valence-corrected chi connectivity index (χ1v) is 4.56. The van der Waals surface area contributed by atoms with Crippen LogP contribution >= 0.6 is 0 Å². The Kier molecular flexibility index (Phi) is 3.84. The van der Waals surface area contributed by atoms with Crippen molar-refractivity contribution in [1.29, 1.82) is 0 Å². The molecule has 6 nitrogen and oxygen atoms in total. The summed E-state index contributed by atoms with van der Waals surface area (Å²) in [6, 6.07) is 1.40. The Bertz CT molecular complexity index is 359. The van der Waals surface area contributed by atoms with E-state index in [1.807, 2.05) is 0 Å². The molecule has 0 fully saturated rings. The molecule has 0 saturated carbocycles. The smallest absolute Gasteiger partial charge is 0.356 e. The number of esters is 1. The molecule has 0 amide bonds. The molecule has 6 heteroatoms. The van der Waals surface area contributed by atoms with Gasteiger partial charge in [-0.05, 0) is 19.4 Å². The molecule has 0 atom stereocenters. The molecule has 0 bridgehead atoms. The van der Waals surface area contributed by atoms with Gasteiger partial charge in [0.25, 0.3) is 0 Å². The summed E-state index contributed by atoms with van der Waals surface area (Å²) in [5.41, 5.74) is 0.564. The minimum atomic E-state index is -1.09. The van der Waals surface area contributed by atoms with Crippen LogP contribution in [0.4, 0.5) is 0 Å². The molecule has 2 N–H and O–H groups in total. The summed E-state index contributed by atoms with van der Waals surface area (Å²) >= 11 is 0. The van der Waals surface area contributed by atoms with Crippen LogP contribution in [0.5, 0.6) is 0 Å². The standard InChI is InChI=1S/C9H12N2O4/c1-2-15-8(12)4-3-6-5-7(9(13)14)11-10-6/h5H,2-4H2,1H3,(H,10,11)(H,13,14). The van der Waals surface area contributed by atoms with Crippen LogP contribution in [0.15, 0.2) is 6.07 Å². The van der Waals surface area contributed by atoms with Crippen molar-refractivity contribution in [2.24, 2.45) is 0 Å². The van der Waals surface area contributed by atoms with Crippen molar-refractivity contribution in [1.82, 2.24) is 10.2 Å². The van der Waals surface area contributed by atoms with E-state index in [-0.39, 0.29) is 18.1 Å². The molecule has 82 valence electrons. The lowest BCUT2D eigenvalue weighted by atomic mass is 10.2. The number of carboxylic acids is 1. The number of aromatic nitrogens is 2. The van der Waals surface area contributed by atoms with E-state index >= 15 is 0 Å². The zero-order valence-electron chi connectivity index (χ0n) is 8.32. The number of hydrogen-bond acceptors (Lipinski definition) is 4. The summed E-state index contributed by atoms with van der Waals surface area (Å²) < 4.78 is 4.73. The molecular formula is C9H12N2O4. The first-order valence-electron chi connectivity index (χ1n) is 4.56. The second kappa shape index (κ2) is 5.14. The molecule has 1 aromatic heterocycles. The zero-order chi connectivity index (χ0) is 11.3. The van der Waals surface area contributed by atoms with Gasteiger partial charge in [-0.1, -0.05) is 0 Å². The lowest BCUT2D eigenvalue weighted by Crippen LogP contribution is -2.05. The number of nitrogens with one attached hydrogen (secondary N) is 1. The van der Waals surface area contributed by atoms with Crippen molar-refractivity contribution in [2.75, 3.05) is 6.61 Å². The van der Waals surface area contributed by atoms with Gasteiger partial charge in [-0.2, -0.15) is 5.10 Å². The first-order chi connectivity index (χ1) is 7.13. The van der Waals surface area contributed by atoms with Gasteiger partial charge in [-0.25, -0.2) is 4.79 Å². The Morgan fingerprint density at radius 1 is 1.60 bits per heavy atom. The number of ether oxygens (including phenoxy) is 1. The third kappa shape index (κ3) is 3.41. The van der Waals surface area contributed by atoms with Crippen molar-refractivity contribution in [3.63, 3.8) is 0 Å². The van der Waals surface area contributed by atoms with E-state index in [1.54, 1.807) is 6.92 Å². The number of H-pyrrole nitrogens is 1. The number of aromatic carboxylic acids is 1. The molecule has 0 saturated heterocycles. The molecule has 0 spiro atoms. The van der Waals surface area contributed by atoms with Gasteiger partial charge in [0, 0.05) is 5.69 Å². The van der Waals surface area contributed by atoms with Crippen molar-refractivity contribution in [3.8, 4) is 0 Å². The maximum absolute atomic E-state index is 11.0. The van der Waals surface area contributed by atoms with Crippen LogP contribution in [-0.2, 0) is 16.0 Å². The Hall–Kier alpha value is -1.85. The summed E-state index contributed by atoms with van der Waals surface area (Å²) in [5.74, 6) is -1.39. The highest BCUT2D eigenvalue weighted by Gasteiger charge is 2.09. The number of carbonyl (C=O) groups excluding carboxylic acids is 1. The number of carboxylic acid groups (broad SMARTS) is 1. The zero-order valence-corrected chi connectivity index (χ0v) is 8.32. The van der Waals surface area contributed by atoms with Gasteiger partial charge < -0.3 is 9.84 Å².